The zero-order valence-corrected chi connectivity index (χ0v) is 23.4. The van der Waals surface area contributed by atoms with E-state index >= 15 is 0 Å². The van der Waals surface area contributed by atoms with Crippen molar-refractivity contribution in [2.24, 2.45) is 0 Å². The van der Waals surface area contributed by atoms with Gasteiger partial charge in [-0.3, -0.25) is 0 Å². The van der Waals surface area contributed by atoms with Crippen LogP contribution in [0, 0.1) is 0 Å². The van der Waals surface area contributed by atoms with E-state index in [1.807, 2.05) is 12.1 Å². The normalized spacial score (nSPS) is 13.5. The van der Waals surface area contributed by atoms with Crippen LogP contribution < -0.4 is 4.52 Å². The summed E-state index contributed by atoms with van der Waals surface area (Å²) in [5.74, 6) is 0.610. The van der Waals surface area contributed by atoms with Gasteiger partial charge in [0.05, 0.1) is 0 Å². The van der Waals surface area contributed by atoms with Gasteiger partial charge in [0, 0.05) is 22.3 Å². The van der Waals surface area contributed by atoms with E-state index in [1.165, 1.54) is 0 Å². The fourth-order valence-electron chi connectivity index (χ4n) is 3.84. The number of aromatic hydroxyl groups is 1. The highest BCUT2D eigenvalue weighted by Crippen LogP contribution is 2.50. The first kappa shape index (κ1) is 27.6. The van der Waals surface area contributed by atoms with Gasteiger partial charge in [0.15, 0.2) is 0 Å². The summed E-state index contributed by atoms with van der Waals surface area (Å²) in [6.07, 6.45) is 0. The van der Waals surface area contributed by atoms with Crippen molar-refractivity contribution in [1.82, 2.24) is 0 Å². The molecule has 33 heavy (non-hydrogen) atoms. The molecular weight excluding hydrogens is 431 g/mol. The average Bonchev–Trinajstić information content (AvgIpc) is 2.57. The Hall–Kier alpha value is -1.61. The minimum absolute atomic E-state index is 0.140. The molecule has 0 aromatic heterocycles. The van der Waals surface area contributed by atoms with Crippen LogP contribution >= 0.6 is 8.60 Å². The lowest BCUT2D eigenvalue weighted by Gasteiger charge is -2.31. The molecule has 4 nitrogen and oxygen atoms in total. The molecule has 184 valence electrons. The Morgan fingerprint density at radius 3 is 1.33 bits per heavy atom. The fraction of sp³-hybridized carbons (Fsp3) is 0.571. The second-order valence-corrected chi connectivity index (χ2v) is 13.9. The smallest absolute Gasteiger partial charge is 0.391 e. The van der Waals surface area contributed by atoms with E-state index in [4.69, 9.17) is 4.52 Å². The average molecular weight is 475 g/mol. The summed E-state index contributed by atoms with van der Waals surface area (Å²) in [4.78, 5) is 19.7. The van der Waals surface area contributed by atoms with Crippen LogP contribution in [0.15, 0.2) is 24.3 Å². The summed E-state index contributed by atoms with van der Waals surface area (Å²) in [6.45, 7) is 25.4. The maximum absolute atomic E-state index is 11.5. The van der Waals surface area contributed by atoms with Crippen LogP contribution in [0.25, 0.3) is 11.1 Å². The molecule has 3 N–H and O–H groups in total. The van der Waals surface area contributed by atoms with Crippen LogP contribution in [-0.4, -0.2) is 14.9 Å². The lowest BCUT2D eigenvalue weighted by Crippen LogP contribution is -2.19. The van der Waals surface area contributed by atoms with Gasteiger partial charge in [-0.2, -0.15) is 0 Å². The standard InChI is InChI=1S/C28H43O4P/c1-25(2,3)17-13-19(23(29)21(15-17)27(7,8)9)20-14-18(26(4,5)6)16-22(28(10,11)12)24(20)32-33(30)31/h13-16,29-31H,1-12H3. The van der Waals surface area contributed by atoms with Gasteiger partial charge in [0.2, 0.25) is 0 Å². The van der Waals surface area contributed by atoms with Crippen LogP contribution in [0.3, 0.4) is 0 Å². The quantitative estimate of drug-likeness (QED) is 0.396. The van der Waals surface area contributed by atoms with Crippen molar-refractivity contribution >= 4 is 8.60 Å². The van der Waals surface area contributed by atoms with Crippen LogP contribution in [-0.2, 0) is 21.7 Å². The van der Waals surface area contributed by atoms with Crippen molar-refractivity contribution in [3.63, 3.8) is 0 Å². The van der Waals surface area contributed by atoms with Crippen LogP contribution in [0.4, 0.5) is 0 Å². The molecule has 0 spiro atoms. The molecule has 0 aliphatic heterocycles. The first-order valence-corrected chi connectivity index (χ1v) is 12.7. The lowest BCUT2D eigenvalue weighted by molar-refractivity contribution is 0.370. The summed E-state index contributed by atoms with van der Waals surface area (Å²) in [6, 6.07) is 8.22. The molecule has 0 saturated carbocycles. The molecule has 0 radical (unpaired) electrons. The number of rotatable bonds is 3. The molecule has 0 unspecified atom stereocenters. The van der Waals surface area contributed by atoms with Gasteiger partial charge >= 0.3 is 8.60 Å². The highest BCUT2D eigenvalue weighted by atomic mass is 31.2. The van der Waals surface area contributed by atoms with Gasteiger partial charge < -0.3 is 19.4 Å². The molecular formula is C28H43O4P. The third-order valence-corrected chi connectivity index (χ3v) is 6.36. The SMILES string of the molecule is CC(C)(C)c1cc(-c2cc(C(C)(C)C)cc(C(C)(C)C)c2OP(O)O)c(O)c(C(C)(C)C)c1. The largest absolute Gasteiger partial charge is 0.507 e. The van der Waals surface area contributed by atoms with Gasteiger partial charge in [-0.1, -0.05) is 95.2 Å². The highest BCUT2D eigenvalue weighted by Gasteiger charge is 2.31. The van der Waals surface area contributed by atoms with Crippen molar-refractivity contribution < 1.29 is 19.4 Å². The van der Waals surface area contributed by atoms with Gasteiger partial charge in [-0.25, -0.2) is 0 Å². The van der Waals surface area contributed by atoms with Crippen molar-refractivity contribution in [3.05, 3.63) is 46.5 Å². The molecule has 0 bridgehead atoms. The van der Waals surface area contributed by atoms with E-state index in [2.05, 4.69) is 95.2 Å². The molecule has 0 atom stereocenters. The van der Waals surface area contributed by atoms with E-state index < -0.39 is 8.60 Å². The van der Waals surface area contributed by atoms with Gasteiger partial charge in [-0.15, -0.1) is 0 Å². The molecule has 0 fully saturated rings. The third-order valence-electron chi connectivity index (χ3n) is 6.01. The Kier molecular flexibility index (Phi) is 7.43. The molecule has 0 aliphatic rings. The maximum Gasteiger partial charge on any atom is 0.391 e. The van der Waals surface area contributed by atoms with Crippen molar-refractivity contribution in [3.8, 4) is 22.6 Å². The Morgan fingerprint density at radius 2 is 0.970 bits per heavy atom. The summed E-state index contributed by atoms with van der Waals surface area (Å²) in [7, 11) is -2.64. The van der Waals surface area contributed by atoms with E-state index in [0.29, 0.717) is 16.9 Å². The Bertz CT molecular complexity index is 1010. The Morgan fingerprint density at radius 1 is 0.576 bits per heavy atom. The summed E-state index contributed by atoms with van der Waals surface area (Å²) in [5, 5.41) is 11.5. The van der Waals surface area contributed by atoms with Crippen molar-refractivity contribution in [2.45, 2.75) is 105 Å². The number of phenolic OH excluding ortho intramolecular Hbond substituents is 1. The molecule has 0 aliphatic carbocycles. The molecule has 0 heterocycles. The predicted octanol–water partition coefficient (Wildman–Crippen LogP) is 7.84. The molecule has 2 aromatic carbocycles. The van der Waals surface area contributed by atoms with E-state index in [1.54, 1.807) is 0 Å². The van der Waals surface area contributed by atoms with Gasteiger partial charge in [0.1, 0.15) is 11.5 Å². The maximum atomic E-state index is 11.5. The van der Waals surface area contributed by atoms with Crippen LogP contribution in [0.2, 0.25) is 0 Å². The first-order chi connectivity index (χ1) is 14.6. The van der Waals surface area contributed by atoms with Gasteiger partial charge in [-0.05, 0) is 44.9 Å². The Balaban J connectivity index is 3.13. The van der Waals surface area contributed by atoms with E-state index in [0.717, 1.165) is 22.3 Å². The van der Waals surface area contributed by atoms with Crippen molar-refractivity contribution in [2.75, 3.05) is 0 Å². The minimum atomic E-state index is -2.64. The fourth-order valence-corrected chi connectivity index (χ4v) is 4.20. The summed E-state index contributed by atoms with van der Waals surface area (Å²) < 4.78 is 5.70. The van der Waals surface area contributed by atoms with Crippen LogP contribution in [0.5, 0.6) is 11.5 Å². The third kappa shape index (κ3) is 6.29. The molecule has 2 aromatic rings. The van der Waals surface area contributed by atoms with E-state index in [-0.39, 0.29) is 27.4 Å². The van der Waals surface area contributed by atoms with Crippen LogP contribution in [0.1, 0.15) is 105 Å². The molecule has 0 saturated heterocycles. The predicted molar refractivity (Wildman–Crippen MR) is 140 cm³/mol. The number of hydrogen-bond acceptors (Lipinski definition) is 4. The molecule has 5 heteroatoms. The zero-order chi connectivity index (χ0) is 25.7. The topological polar surface area (TPSA) is 69.9 Å². The summed E-state index contributed by atoms with van der Waals surface area (Å²) >= 11 is 0. The monoisotopic (exact) mass is 474 g/mol. The molecule has 2 rings (SSSR count). The second kappa shape index (κ2) is 8.87. The minimum Gasteiger partial charge on any atom is -0.507 e. The number of phenols is 1. The summed E-state index contributed by atoms with van der Waals surface area (Å²) in [5.41, 5.74) is 4.35. The molecule has 0 amide bonds. The van der Waals surface area contributed by atoms with E-state index in [9.17, 15) is 14.9 Å². The Labute approximate surface area is 202 Å². The zero-order valence-electron chi connectivity index (χ0n) is 22.5. The van der Waals surface area contributed by atoms with Gasteiger partial charge in [0.25, 0.3) is 0 Å². The highest BCUT2D eigenvalue weighted by molar-refractivity contribution is 7.39. The lowest BCUT2D eigenvalue weighted by atomic mass is 9.75. The van der Waals surface area contributed by atoms with Crippen molar-refractivity contribution in [1.29, 1.82) is 0 Å². The second-order valence-electron chi connectivity index (χ2n) is 13.2. The first-order valence-electron chi connectivity index (χ1n) is 11.6. The number of benzene rings is 2. The number of hydrogen-bond donors (Lipinski definition) is 3.